The molecule has 1 heterocycles. The van der Waals surface area contributed by atoms with Crippen molar-refractivity contribution >= 4 is 38.0 Å². The molecule has 0 saturated carbocycles. The first kappa shape index (κ1) is 10.1. The van der Waals surface area contributed by atoms with Crippen molar-refractivity contribution in [3.63, 3.8) is 0 Å². The van der Waals surface area contributed by atoms with Crippen LogP contribution in [-0.4, -0.2) is 28.7 Å². The van der Waals surface area contributed by atoms with Gasteiger partial charge in [0.05, 0.1) is 9.43 Å². The summed E-state index contributed by atoms with van der Waals surface area (Å²) in [6, 6.07) is 0.0243. The topological polar surface area (TPSA) is 40.5 Å². The Kier molecular flexibility index (Phi) is 3.58. The van der Waals surface area contributed by atoms with E-state index in [1.165, 1.54) is 4.90 Å². The predicted octanol–water partition coefficient (Wildman–Crippen LogP) is 2.76. The summed E-state index contributed by atoms with van der Waals surface area (Å²) >= 11 is 6.44. The molecule has 1 saturated heterocycles. The molecule has 5 heteroatoms. The van der Waals surface area contributed by atoms with Crippen LogP contribution in [-0.2, 0) is 0 Å². The van der Waals surface area contributed by atoms with E-state index < -0.39 is 6.09 Å². The van der Waals surface area contributed by atoms with Gasteiger partial charge in [-0.25, -0.2) is 4.79 Å². The number of hydrogen-bond acceptors (Lipinski definition) is 1. The van der Waals surface area contributed by atoms with E-state index in [0.29, 0.717) is 6.54 Å². The first-order valence-electron chi connectivity index (χ1n) is 3.63. The van der Waals surface area contributed by atoms with E-state index in [1.807, 2.05) is 6.08 Å². The van der Waals surface area contributed by atoms with E-state index in [-0.39, 0.29) is 6.04 Å². The molecule has 1 aliphatic rings. The molecule has 0 aromatic carbocycles. The van der Waals surface area contributed by atoms with Crippen LogP contribution in [0.1, 0.15) is 12.8 Å². The Morgan fingerprint density at radius 1 is 1.58 bits per heavy atom. The van der Waals surface area contributed by atoms with Crippen molar-refractivity contribution in [2.75, 3.05) is 6.54 Å². The van der Waals surface area contributed by atoms with Crippen molar-refractivity contribution in [1.82, 2.24) is 4.90 Å². The maximum atomic E-state index is 10.7. The summed E-state index contributed by atoms with van der Waals surface area (Å²) in [6.45, 7) is 0.643. The van der Waals surface area contributed by atoms with Gasteiger partial charge in [0.25, 0.3) is 0 Å². The van der Waals surface area contributed by atoms with E-state index in [9.17, 15) is 4.79 Å². The average Bonchev–Trinajstić information content (AvgIpc) is 2.33. The third kappa shape index (κ3) is 2.48. The number of hydrogen-bond donors (Lipinski definition) is 1. The van der Waals surface area contributed by atoms with Crippen molar-refractivity contribution in [3.05, 3.63) is 9.47 Å². The quantitative estimate of drug-likeness (QED) is 0.809. The summed E-state index contributed by atoms with van der Waals surface area (Å²) in [5.74, 6) is 0. The monoisotopic (exact) mass is 297 g/mol. The number of carbonyl (C=O) groups is 1. The van der Waals surface area contributed by atoms with Gasteiger partial charge < -0.3 is 10.0 Å². The van der Waals surface area contributed by atoms with Gasteiger partial charge in [0.15, 0.2) is 0 Å². The lowest BCUT2D eigenvalue weighted by Gasteiger charge is -2.17. The molecule has 1 atom stereocenters. The molecule has 1 N–H and O–H groups in total. The molecule has 1 rings (SSSR count). The minimum Gasteiger partial charge on any atom is -0.465 e. The number of rotatable bonds is 1. The molecule has 0 bridgehead atoms. The van der Waals surface area contributed by atoms with Crippen molar-refractivity contribution in [2.24, 2.45) is 0 Å². The maximum Gasteiger partial charge on any atom is 0.407 e. The standard InChI is InChI=1S/C7H9Br2NO2/c8-6(9)4-5-2-1-3-10(5)7(11)12/h4-5H,1-3H2,(H,11,12)/t5-/m0/s1. The molecule has 1 amide bonds. The van der Waals surface area contributed by atoms with Gasteiger partial charge in [-0.05, 0) is 50.8 Å². The number of carboxylic acid groups (broad SMARTS) is 1. The lowest BCUT2D eigenvalue weighted by molar-refractivity contribution is 0.147. The van der Waals surface area contributed by atoms with Gasteiger partial charge in [-0.3, -0.25) is 0 Å². The molecule has 0 aliphatic carbocycles. The summed E-state index contributed by atoms with van der Waals surface area (Å²) in [5, 5.41) is 8.76. The van der Waals surface area contributed by atoms with Gasteiger partial charge >= 0.3 is 6.09 Å². The minimum atomic E-state index is -0.838. The SMILES string of the molecule is O=C(O)N1CCC[C@H]1C=C(Br)Br. The summed E-state index contributed by atoms with van der Waals surface area (Å²) in [4.78, 5) is 12.1. The number of amides is 1. The van der Waals surface area contributed by atoms with Gasteiger partial charge in [-0.15, -0.1) is 0 Å². The summed E-state index contributed by atoms with van der Waals surface area (Å²) < 4.78 is 0.813. The lowest BCUT2D eigenvalue weighted by atomic mass is 10.2. The highest BCUT2D eigenvalue weighted by Gasteiger charge is 2.26. The fourth-order valence-corrected chi connectivity index (χ4v) is 1.96. The zero-order valence-electron chi connectivity index (χ0n) is 6.33. The molecule has 1 fully saturated rings. The Balaban J connectivity index is 2.64. The Labute approximate surface area is 87.7 Å². The van der Waals surface area contributed by atoms with Crippen molar-refractivity contribution in [2.45, 2.75) is 18.9 Å². The molecule has 0 spiro atoms. The second-order valence-corrected chi connectivity index (χ2v) is 5.41. The highest BCUT2D eigenvalue weighted by Crippen LogP contribution is 2.23. The summed E-state index contributed by atoms with van der Waals surface area (Å²) in [5.41, 5.74) is 0. The molecular weight excluding hydrogens is 290 g/mol. The Hall–Kier alpha value is -0.0300. The maximum absolute atomic E-state index is 10.7. The van der Waals surface area contributed by atoms with E-state index in [0.717, 1.165) is 16.2 Å². The molecule has 12 heavy (non-hydrogen) atoms. The molecule has 0 unspecified atom stereocenters. The van der Waals surface area contributed by atoms with E-state index in [4.69, 9.17) is 5.11 Å². The van der Waals surface area contributed by atoms with E-state index in [2.05, 4.69) is 31.9 Å². The van der Waals surface area contributed by atoms with Crippen LogP contribution in [0.15, 0.2) is 9.47 Å². The molecule has 0 aromatic heterocycles. The normalized spacial score (nSPS) is 22.5. The molecule has 0 aromatic rings. The highest BCUT2D eigenvalue weighted by atomic mass is 79.9. The van der Waals surface area contributed by atoms with Crippen molar-refractivity contribution in [1.29, 1.82) is 0 Å². The van der Waals surface area contributed by atoms with Crippen LogP contribution in [0.25, 0.3) is 0 Å². The molecule has 0 radical (unpaired) electrons. The van der Waals surface area contributed by atoms with Crippen LogP contribution in [0.3, 0.4) is 0 Å². The number of halogens is 2. The van der Waals surface area contributed by atoms with Crippen molar-refractivity contribution < 1.29 is 9.90 Å². The average molecular weight is 299 g/mol. The van der Waals surface area contributed by atoms with Gasteiger partial charge in [-0.2, -0.15) is 0 Å². The fourth-order valence-electron chi connectivity index (χ4n) is 1.35. The molecule has 68 valence electrons. The van der Waals surface area contributed by atoms with E-state index in [1.54, 1.807) is 0 Å². The first-order chi connectivity index (χ1) is 5.61. The van der Waals surface area contributed by atoms with Crippen LogP contribution in [0.2, 0.25) is 0 Å². The van der Waals surface area contributed by atoms with Gasteiger partial charge in [0.2, 0.25) is 0 Å². The molecule has 1 aliphatic heterocycles. The second kappa shape index (κ2) is 4.28. The summed E-state index contributed by atoms with van der Waals surface area (Å²) in [7, 11) is 0. The third-order valence-electron chi connectivity index (χ3n) is 1.86. The Bertz CT molecular complexity index is 213. The first-order valence-corrected chi connectivity index (χ1v) is 5.22. The zero-order valence-corrected chi connectivity index (χ0v) is 9.51. The van der Waals surface area contributed by atoms with Crippen molar-refractivity contribution in [3.8, 4) is 0 Å². The van der Waals surface area contributed by atoms with Crippen LogP contribution in [0.5, 0.6) is 0 Å². The predicted molar refractivity (Wildman–Crippen MR) is 53.7 cm³/mol. The fraction of sp³-hybridized carbons (Fsp3) is 0.571. The van der Waals surface area contributed by atoms with Crippen LogP contribution in [0.4, 0.5) is 4.79 Å². The largest absolute Gasteiger partial charge is 0.465 e. The van der Waals surface area contributed by atoms with E-state index >= 15 is 0 Å². The minimum absolute atomic E-state index is 0.0243. The molecule has 3 nitrogen and oxygen atoms in total. The van der Waals surface area contributed by atoms with Gasteiger partial charge in [0.1, 0.15) is 0 Å². The van der Waals surface area contributed by atoms with Gasteiger partial charge in [-0.1, -0.05) is 0 Å². The second-order valence-electron chi connectivity index (χ2n) is 2.64. The molecular formula is C7H9Br2NO2. The van der Waals surface area contributed by atoms with Crippen LogP contribution >= 0.6 is 31.9 Å². The third-order valence-corrected chi connectivity index (χ3v) is 2.39. The van der Waals surface area contributed by atoms with Gasteiger partial charge in [0, 0.05) is 6.54 Å². The van der Waals surface area contributed by atoms with Crippen LogP contribution in [0, 0.1) is 0 Å². The summed E-state index contributed by atoms with van der Waals surface area (Å²) in [6.07, 6.45) is 2.88. The smallest absolute Gasteiger partial charge is 0.407 e. The van der Waals surface area contributed by atoms with Crippen LogP contribution < -0.4 is 0 Å². The zero-order chi connectivity index (χ0) is 9.14. The Morgan fingerprint density at radius 3 is 2.75 bits per heavy atom. The number of likely N-dealkylation sites (tertiary alicyclic amines) is 1. The highest BCUT2D eigenvalue weighted by molar-refractivity contribution is 9.28. The number of nitrogens with zero attached hydrogens (tertiary/aromatic N) is 1. The lowest BCUT2D eigenvalue weighted by Crippen LogP contribution is -2.32. The Morgan fingerprint density at radius 2 is 2.25 bits per heavy atom.